The molecule has 3 amide bonds. The van der Waals surface area contributed by atoms with Crippen molar-refractivity contribution < 1.29 is 28.7 Å². The molecular formula is C28H30N6O6. The zero-order valence-electron chi connectivity index (χ0n) is 22.1. The Balaban J connectivity index is 1.13. The van der Waals surface area contributed by atoms with E-state index in [2.05, 4.69) is 26.0 Å². The van der Waals surface area contributed by atoms with E-state index in [1.165, 1.54) is 23.9 Å². The molecule has 12 nitrogen and oxygen atoms in total. The van der Waals surface area contributed by atoms with Gasteiger partial charge in [0, 0.05) is 25.2 Å². The topological polar surface area (TPSA) is 153 Å². The van der Waals surface area contributed by atoms with Crippen molar-refractivity contribution in [2.45, 2.75) is 45.1 Å². The monoisotopic (exact) mass is 546 g/mol. The van der Waals surface area contributed by atoms with Gasteiger partial charge in [-0.1, -0.05) is 6.07 Å². The molecule has 0 unspecified atom stereocenters. The van der Waals surface area contributed by atoms with E-state index in [1.807, 2.05) is 0 Å². The number of nitrogens with one attached hydrogen (secondary N) is 3. The molecule has 12 heteroatoms. The second-order valence-corrected chi connectivity index (χ2v) is 10.9. The van der Waals surface area contributed by atoms with Crippen LogP contribution in [-0.2, 0) is 20.9 Å². The molecule has 3 aliphatic carbocycles. The average molecular weight is 547 g/mol. The molecule has 4 aliphatic rings. The third-order valence-electron chi connectivity index (χ3n) is 8.60. The van der Waals surface area contributed by atoms with Crippen LogP contribution in [0.1, 0.15) is 65.1 Å². The van der Waals surface area contributed by atoms with Gasteiger partial charge in [0.1, 0.15) is 17.1 Å². The summed E-state index contributed by atoms with van der Waals surface area (Å²) < 4.78 is 11.8. The van der Waals surface area contributed by atoms with Crippen molar-refractivity contribution in [3.8, 4) is 5.75 Å². The highest BCUT2D eigenvalue weighted by atomic mass is 16.5. The summed E-state index contributed by atoms with van der Waals surface area (Å²) >= 11 is 0. The van der Waals surface area contributed by atoms with Gasteiger partial charge in [0.15, 0.2) is 12.3 Å². The molecule has 1 aromatic carbocycles. The number of methoxy groups -OCH3 is 1. The van der Waals surface area contributed by atoms with Crippen LogP contribution in [-0.4, -0.2) is 58.6 Å². The minimum atomic E-state index is -0.451. The lowest BCUT2D eigenvalue weighted by molar-refractivity contribution is -0.162. The molecule has 1 aliphatic heterocycles. The molecule has 2 bridgehead atoms. The average Bonchev–Trinajstić information content (AvgIpc) is 3.47. The molecule has 3 aromatic rings. The maximum Gasteiger partial charge on any atom is 0.311 e. The number of hydrogen-bond acceptors (Lipinski definition) is 8. The Morgan fingerprint density at radius 1 is 1.05 bits per heavy atom. The number of amides is 3. The summed E-state index contributed by atoms with van der Waals surface area (Å²) in [5, 5.41) is 12.9. The van der Waals surface area contributed by atoms with Crippen molar-refractivity contribution >= 4 is 35.0 Å². The van der Waals surface area contributed by atoms with Gasteiger partial charge < -0.3 is 25.4 Å². The van der Waals surface area contributed by atoms with Crippen molar-refractivity contribution in [2.75, 3.05) is 25.6 Å². The van der Waals surface area contributed by atoms with Crippen LogP contribution in [0.4, 0.5) is 5.69 Å². The van der Waals surface area contributed by atoms with Gasteiger partial charge in [-0.3, -0.25) is 19.2 Å². The van der Waals surface area contributed by atoms with E-state index in [4.69, 9.17) is 9.47 Å². The van der Waals surface area contributed by atoms with E-state index in [0.29, 0.717) is 23.6 Å². The van der Waals surface area contributed by atoms with E-state index >= 15 is 0 Å². The Hall–Kier alpha value is -4.48. The molecule has 3 fully saturated rings. The van der Waals surface area contributed by atoms with Gasteiger partial charge in [0.25, 0.3) is 17.7 Å². The number of rotatable bonds is 7. The number of benzene rings is 1. The van der Waals surface area contributed by atoms with E-state index in [9.17, 15) is 19.2 Å². The minimum Gasteiger partial charge on any atom is -0.482 e. The quantitative estimate of drug-likeness (QED) is 0.382. The number of fused-ring (bicyclic) bond motifs is 5. The Labute approximate surface area is 229 Å². The van der Waals surface area contributed by atoms with Gasteiger partial charge in [-0.15, -0.1) is 0 Å². The number of ether oxygens (including phenoxy) is 2. The number of aromatic nitrogens is 3. The maximum atomic E-state index is 13.4. The highest BCUT2D eigenvalue weighted by Gasteiger charge is 2.53. The van der Waals surface area contributed by atoms with Crippen LogP contribution in [0.5, 0.6) is 5.75 Å². The molecule has 3 N–H and O–H groups in total. The first kappa shape index (κ1) is 25.8. The lowest BCUT2D eigenvalue weighted by Crippen LogP contribution is -2.50. The fraction of sp³-hybridized carbons (Fsp3) is 0.429. The molecule has 0 saturated heterocycles. The lowest BCUT2D eigenvalue weighted by atomic mass is 9.53. The first-order chi connectivity index (χ1) is 19.3. The third kappa shape index (κ3) is 4.63. The Morgan fingerprint density at radius 2 is 1.82 bits per heavy atom. The number of carbonyl (C=O) groups excluding carboxylic acids is 4. The number of carbonyl (C=O) groups is 4. The van der Waals surface area contributed by atoms with Gasteiger partial charge in [-0.2, -0.15) is 5.10 Å². The van der Waals surface area contributed by atoms with Crippen molar-refractivity contribution in [1.82, 2.24) is 25.2 Å². The molecular weight excluding hydrogens is 516 g/mol. The normalized spacial score (nSPS) is 23.1. The third-order valence-corrected chi connectivity index (χ3v) is 8.60. The molecule has 2 aromatic heterocycles. The second kappa shape index (κ2) is 9.92. The molecule has 0 radical (unpaired) electrons. The van der Waals surface area contributed by atoms with E-state index in [1.54, 1.807) is 24.3 Å². The van der Waals surface area contributed by atoms with Crippen LogP contribution >= 0.6 is 0 Å². The van der Waals surface area contributed by atoms with Crippen molar-refractivity contribution in [2.24, 2.45) is 10.8 Å². The smallest absolute Gasteiger partial charge is 0.311 e. The van der Waals surface area contributed by atoms with Crippen LogP contribution in [0.25, 0.3) is 5.65 Å². The molecule has 0 spiro atoms. The summed E-state index contributed by atoms with van der Waals surface area (Å²) in [5.74, 6) is -0.588. The minimum absolute atomic E-state index is 0.0290. The molecule has 0 atom stereocenters. The van der Waals surface area contributed by atoms with Gasteiger partial charge >= 0.3 is 5.97 Å². The number of esters is 1. The predicted octanol–water partition coefficient (Wildman–Crippen LogP) is 2.23. The second-order valence-electron chi connectivity index (χ2n) is 10.9. The van der Waals surface area contributed by atoms with Gasteiger partial charge in [0.05, 0.1) is 24.4 Å². The van der Waals surface area contributed by atoms with E-state index < -0.39 is 5.91 Å². The summed E-state index contributed by atoms with van der Waals surface area (Å²) in [6.07, 6.45) is 6.37. The van der Waals surface area contributed by atoms with Gasteiger partial charge in [-0.25, -0.2) is 9.50 Å². The van der Waals surface area contributed by atoms with Crippen molar-refractivity contribution in [3.63, 3.8) is 0 Å². The molecule has 40 heavy (non-hydrogen) atoms. The molecule has 3 heterocycles. The zero-order chi connectivity index (χ0) is 27.9. The summed E-state index contributed by atoms with van der Waals surface area (Å²) in [7, 11) is 1.44. The predicted molar refractivity (Wildman–Crippen MR) is 142 cm³/mol. The van der Waals surface area contributed by atoms with Crippen LogP contribution in [0.15, 0.2) is 36.5 Å². The fourth-order valence-corrected chi connectivity index (χ4v) is 6.11. The van der Waals surface area contributed by atoms with E-state index in [0.717, 1.165) is 44.1 Å². The summed E-state index contributed by atoms with van der Waals surface area (Å²) in [4.78, 5) is 54.7. The van der Waals surface area contributed by atoms with Gasteiger partial charge in [-0.05, 0) is 61.6 Å². The molecule has 7 rings (SSSR count). The van der Waals surface area contributed by atoms with Crippen LogP contribution in [0.2, 0.25) is 0 Å². The van der Waals surface area contributed by atoms with E-state index in [-0.39, 0.29) is 53.2 Å². The first-order valence-electron chi connectivity index (χ1n) is 13.4. The number of anilines is 1. The highest BCUT2D eigenvalue weighted by Crippen LogP contribution is 2.57. The maximum absolute atomic E-state index is 13.4. The zero-order valence-corrected chi connectivity index (χ0v) is 22.1. The van der Waals surface area contributed by atoms with Crippen LogP contribution in [0.3, 0.4) is 0 Å². The van der Waals surface area contributed by atoms with Gasteiger partial charge in [0.2, 0.25) is 0 Å². The molecule has 3 saturated carbocycles. The summed E-state index contributed by atoms with van der Waals surface area (Å²) in [5.41, 5.74) is 1.55. The Morgan fingerprint density at radius 3 is 2.58 bits per heavy atom. The first-order valence-corrected chi connectivity index (χ1v) is 13.4. The standard InChI is InChI=1S/C28H30N6O6/c1-39-26(38)28-8-5-27(6-9-28,7-10-28)16-30-25(37)20-13-19(32-22-4-11-31-34(20)22)24(36)29-14-17-2-3-21-18(12-17)33-23(35)15-40-21/h2-4,11-13H,5-10,14-16H2,1H3,(H,29,36)(H,30,37)(H,33,35). The largest absolute Gasteiger partial charge is 0.482 e. The fourth-order valence-electron chi connectivity index (χ4n) is 6.11. The van der Waals surface area contributed by atoms with Crippen molar-refractivity contribution in [3.05, 3.63) is 53.5 Å². The summed E-state index contributed by atoms with van der Waals surface area (Å²) in [6.45, 7) is 0.637. The number of hydrogen-bond donors (Lipinski definition) is 3. The molecule has 208 valence electrons. The highest BCUT2D eigenvalue weighted by molar-refractivity contribution is 5.98. The SMILES string of the molecule is COC(=O)C12CCC(CNC(=O)c3cc(C(=O)NCc4ccc5c(c4)NC(=O)CO5)nc4ccnn34)(CC1)CC2. The Kier molecular flexibility index (Phi) is 6.40. The Bertz CT molecular complexity index is 1510. The van der Waals surface area contributed by atoms with Crippen LogP contribution < -0.4 is 20.7 Å². The van der Waals surface area contributed by atoms with Crippen LogP contribution in [0, 0.1) is 10.8 Å². The summed E-state index contributed by atoms with van der Waals surface area (Å²) in [6, 6.07) is 8.35. The lowest BCUT2D eigenvalue weighted by Gasteiger charge is -2.51. The number of nitrogens with zero attached hydrogens (tertiary/aromatic N) is 3. The van der Waals surface area contributed by atoms with Crippen molar-refractivity contribution in [1.29, 1.82) is 0 Å².